The van der Waals surface area contributed by atoms with Crippen molar-refractivity contribution < 1.29 is 0 Å². The molecule has 0 spiro atoms. The van der Waals surface area contributed by atoms with E-state index in [1.54, 1.807) is 0 Å². The Morgan fingerprint density at radius 1 is 0.326 bits per heavy atom. The molecule has 15 aromatic rings. The molecule has 5 heteroatoms. The van der Waals surface area contributed by atoms with Crippen molar-refractivity contribution in [3.05, 3.63) is 337 Å². The molecule has 0 bridgehead atoms. The Balaban J connectivity index is 0.781. The van der Waals surface area contributed by atoms with Crippen LogP contribution in [0.25, 0.3) is 105 Å². The molecular formula is C81H56N4S. The third-order valence-corrected chi connectivity index (χ3v) is 18.3. The molecular weight excluding hydrogens is 1060 g/mol. The minimum absolute atomic E-state index is 0.485. The number of aromatic nitrogens is 3. The van der Waals surface area contributed by atoms with Crippen LogP contribution in [0.5, 0.6) is 0 Å². The van der Waals surface area contributed by atoms with Gasteiger partial charge in [-0.05, 0) is 176 Å². The van der Waals surface area contributed by atoms with Gasteiger partial charge in [0.1, 0.15) is 11.0 Å². The molecule has 0 aliphatic heterocycles. The fourth-order valence-corrected chi connectivity index (χ4v) is 14.1. The summed E-state index contributed by atoms with van der Waals surface area (Å²) in [6, 6.07) is 111. The number of benzene rings is 13. The van der Waals surface area contributed by atoms with Crippen LogP contribution in [0.4, 0.5) is 17.1 Å². The SMILES string of the molecule is Cc1ccc(-c2ccc3c(c2)c2cc(-c4ccc(C)cc4)ccc2n3-c2ccc(-c3ccc(N(c4ccc(-c5ccccc5)cc4)c4ccc(-c5ccc6c(c5)C(c5ccccc5)(c5ccccc5)c5ccccc5-6)cc4)c4nsnc34)cc2)cc1. The molecule has 0 radical (unpaired) electrons. The Morgan fingerprint density at radius 3 is 1.31 bits per heavy atom. The lowest BCUT2D eigenvalue weighted by Gasteiger charge is -2.34. The normalized spacial score (nSPS) is 12.4. The predicted molar refractivity (Wildman–Crippen MR) is 360 cm³/mol. The van der Waals surface area contributed by atoms with Crippen molar-refractivity contribution in [2.45, 2.75) is 19.3 Å². The molecule has 16 rings (SSSR count). The Labute approximate surface area is 505 Å². The van der Waals surface area contributed by atoms with Crippen molar-refractivity contribution in [3.63, 3.8) is 0 Å². The van der Waals surface area contributed by atoms with Gasteiger partial charge in [-0.25, -0.2) is 0 Å². The molecule has 1 aliphatic carbocycles. The maximum atomic E-state index is 5.10. The topological polar surface area (TPSA) is 34.0 Å². The molecule has 0 N–H and O–H groups in total. The zero-order valence-electron chi connectivity index (χ0n) is 47.6. The van der Waals surface area contributed by atoms with E-state index in [0.29, 0.717) is 0 Å². The first-order chi connectivity index (χ1) is 42.4. The van der Waals surface area contributed by atoms with Crippen molar-refractivity contribution in [2.75, 3.05) is 4.90 Å². The quantitative estimate of drug-likeness (QED) is 0.129. The number of hydrogen-bond acceptors (Lipinski definition) is 4. The van der Waals surface area contributed by atoms with Crippen LogP contribution in [0, 0.1) is 13.8 Å². The number of rotatable bonds is 11. The first-order valence-electron chi connectivity index (χ1n) is 29.4. The largest absolute Gasteiger partial charge is 0.309 e. The molecule has 0 saturated heterocycles. The molecule has 0 unspecified atom stereocenters. The van der Waals surface area contributed by atoms with E-state index >= 15 is 0 Å². The monoisotopic (exact) mass is 1120 g/mol. The van der Waals surface area contributed by atoms with Crippen LogP contribution in [0.3, 0.4) is 0 Å². The molecule has 86 heavy (non-hydrogen) atoms. The summed E-state index contributed by atoms with van der Waals surface area (Å²) in [6.45, 7) is 4.28. The Bertz CT molecular complexity index is 4870. The highest BCUT2D eigenvalue weighted by molar-refractivity contribution is 7.00. The van der Waals surface area contributed by atoms with Gasteiger partial charge in [0.05, 0.1) is 33.9 Å². The second-order valence-corrected chi connectivity index (χ2v) is 23.3. The highest BCUT2D eigenvalue weighted by atomic mass is 32.1. The van der Waals surface area contributed by atoms with Crippen LogP contribution >= 0.6 is 11.7 Å². The number of nitrogens with zero attached hydrogens (tertiary/aromatic N) is 4. The molecule has 0 amide bonds. The van der Waals surface area contributed by atoms with Gasteiger partial charge < -0.3 is 9.47 Å². The first kappa shape index (κ1) is 51.0. The van der Waals surface area contributed by atoms with Gasteiger partial charge in [-0.1, -0.05) is 236 Å². The van der Waals surface area contributed by atoms with Crippen LogP contribution in [0.15, 0.2) is 303 Å². The van der Waals surface area contributed by atoms with E-state index in [1.165, 1.54) is 94.8 Å². The third kappa shape index (κ3) is 8.50. The summed E-state index contributed by atoms with van der Waals surface area (Å²) >= 11 is 1.26. The van der Waals surface area contributed by atoms with Crippen molar-refractivity contribution in [1.82, 2.24) is 13.3 Å². The van der Waals surface area contributed by atoms with E-state index < -0.39 is 5.41 Å². The molecule has 2 heterocycles. The highest BCUT2D eigenvalue weighted by Crippen LogP contribution is 2.57. The lowest BCUT2D eigenvalue weighted by molar-refractivity contribution is 0.769. The van der Waals surface area contributed by atoms with Crippen LogP contribution in [0.2, 0.25) is 0 Å². The van der Waals surface area contributed by atoms with Crippen molar-refractivity contribution in [2.24, 2.45) is 0 Å². The zero-order valence-corrected chi connectivity index (χ0v) is 48.4. The summed E-state index contributed by atoms with van der Waals surface area (Å²) in [4.78, 5) is 2.33. The number of aryl methyl sites for hydroxylation is 2. The zero-order chi connectivity index (χ0) is 57.3. The highest BCUT2D eigenvalue weighted by Gasteiger charge is 2.46. The smallest absolute Gasteiger partial charge is 0.129 e. The second kappa shape index (κ2) is 20.9. The summed E-state index contributed by atoms with van der Waals surface area (Å²) in [7, 11) is 0. The standard InChI is InChI=1S/C81H56N4S/c1-53-22-26-57(27-23-53)61-37-47-76-72(50-61)73-51-62(58-28-24-54(2)25-29-58)38-48-77(73)85(76)68-43-34-60(35-44-68)69-46-49-78(80-79(69)82-86-83-80)84(66-39-30-56(31-40-66)55-14-6-3-7-15-55)67-41-32-59(33-42-67)63-36-45-71-70-20-12-13-21-74(70)81(75(71)52-63,64-16-8-4-9-17-64)65-18-10-5-11-19-65/h3-52H,1-2H3. The summed E-state index contributed by atoms with van der Waals surface area (Å²) in [5, 5.41) is 2.44. The van der Waals surface area contributed by atoms with Gasteiger partial charge in [0, 0.05) is 33.4 Å². The molecule has 0 atom stereocenters. The van der Waals surface area contributed by atoms with Crippen LogP contribution in [-0.4, -0.2) is 13.3 Å². The van der Waals surface area contributed by atoms with Gasteiger partial charge in [0.25, 0.3) is 0 Å². The third-order valence-electron chi connectivity index (χ3n) is 17.8. The Morgan fingerprint density at radius 2 is 0.744 bits per heavy atom. The molecule has 0 fully saturated rings. The van der Waals surface area contributed by atoms with E-state index in [4.69, 9.17) is 8.75 Å². The average molecular weight is 1120 g/mol. The summed E-state index contributed by atoms with van der Waals surface area (Å²) in [5.74, 6) is 0. The van der Waals surface area contributed by atoms with Crippen molar-refractivity contribution in [1.29, 1.82) is 0 Å². The summed E-state index contributed by atoms with van der Waals surface area (Å²) < 4.78 is 12.6. The lowest BCUT2D eigenvalue weighted by atomic mass is 9.67. The average Bonchev–Trinajstić information content (AvgIpc) is 1.57. The van der Waals surface area contributed by atoms with E-state index in [9.17, 15) is 0 Å². The second-order valence-electron chi connectivity index (χ2n) is 22.8. The summed E-state index contributed by atoms with van der Waals surface area (Å²) in [5.41, 5.74) is 29.4. The number of fused-ring (bicyclic) bond motifs is 7. The van der Waals surface area contributed by atoms with Gasteiger partial charge in [-0.3, -0.25) is 0 Å². The van der Waals surface area contributed by atoms with Gasteiger partial charge >= 0.3 is 0 Å². The minimum atomic E-state index is -0.485. The van der Waals surface area contributed by atoms with E-state index in [-0.39, 0.29) is 0 Å². The van der Waals surface area contributed by atoms with E-state index in [0.717, 1.165) is 72.6 Å². The summed E-state index contributed by atoms with van der Waals surface area (Å²) in [6.07, 6.45) is 0. The number of hydrogen-bond donors (Lipinski definition) is 0. The fourth-order valence-electron chi connectivity index (χ4n) is 13.5. The van der Waals surface area contributed by atoms with Gasteiger partial charge in [-0.15, -0.1) is 0 Å². The first-order valence-corrected chi connectivity index (χ1v) is 30.2. The minimum Gasteiger partial charge on any atom is -0.309 e. The van der Waals surface area contributed by atoms with Crippen LogP contribution in [0.1, 0.15) is 33.4 Å². The maximum absolute atomic E-state index is 5.10. The fraction of sp³-hybridized carbons (Fsp3) is 0.0370. The maximum Gasteiger partial charge on any atom is 0.129 e. The predicted octanol–water partition coefficient (Wildman–Crippen LogP) is 21.6. The van der Waals surface area contributed by atoms with Gasteiger partial charge in [-0.2, -0.15) is 8.75 Å². The van der Waals surface area contributed by atoms with Crippen molar-refractivity contribution >= 4 is 61.6 Å². The van der Waals surface area contributed by atoms with Gasteiger partial charge in [0.2, 0.25) is 0 Å². The van der Waals surface area contributed by atoms with Crippen molar-refractivity contribution in [3.8, 4) is 72.4 Å². The number of anilines is 3. The molecule has 2 aromatic heterocycles. The van der Waals surface area contributed by atoms with E-state index in [1.807, 2.05) is 0 Å². The van der Waals surface area contributed by atoms with E-state index in [2.05, 4.69) is 327 Å². The lowest BCUT2D eigenvalue weighted by Crippen LogP contribution is -2.28. The van der Waals surface area contributed by atoms with Crippen LogP contribution < -0.4 is 4.90 Å². The molecule has 0 saturated carbocycles. The molecule has 13 aromatic carbocycles. The molecule has 4 nitrogen and oxygen atoms in total. The van der Waals surface area contributed by atoms with Crippen LogP contribution in [-0.2, 0) is 5.41 Å². The Kier molecular flexibility index (Phi) is 12.4. The Hall–Kier alpha value is -10.7. The molecule has 406 valence electrons. The molecule has 1 aliphatic rings. The van der Waals surface area contributed by atoms with Gasteiger partial charge in [0.15, 0.2) is 0 Å².